The Bertz CT molecular complexity index is 756. The van der Waals surface area contributed by atoms with Gasteiger partial charge in [0, 0.05) is 17.4 Å². The van der Waals surface area contributed by atoms with Crippen LogP contribution in [0.3, 0.4) is 0 Å². The predicted octanol–water partition coefficient (Wildman–Crippen LogP) is 3.91. The Morgan fingerprint density at radius 3 is 2.57 bits per heavy atom. The van der Waals surface area contributed by atoms with Crippen LogP contribution >= 0.6 is 0 Å². The van der Waals surface area contributed by atoms with Crippen LogP contribution < -0.4 is 5.32 Å². The summed E-state index contributed by atoms with van der Waals surface area (Å²) in [4.78, 5) is 15.3. The van der Waals surface area contributed by atoms with Crippen molar-refractivity contribution in [2.45, 2.75) is 19.8 Å². The molecule has 0 fully saturated rings. The predicted molar refractivity (Wildman–Crippen MR) is 86.5 cm³/mol. The van der Waals surface area contributed by atoms with E-state index in [-0.39, 0.29) is 5.91 Å². The van der Waals surface area contributed by atoms with Gasteiger partial charge in [0.2, 0.25) is 5.91 Å². The summed E-state index contributed by atoms with van der Waals surface area (Å²) in [6.07, 6.45) is 3.29. The van der Waals surface area contributed by atoms with Gasteiger partial charge in [-0.25, -0.2) is 0 Å². The zero-order valence-electron chi connectivity index (χ0n) is 12.0. The van der Waals surface area contributed by atoms with Crippen molar-refractivity contribution in [1.29, 1.82) is 0 Å². The lowest BCUT2D eigenvalue weighted by Gasteiger charge is -2.06. The molecule has 1 heterocycles. The second-order valence-corrected chi connectivity index (χ2v) is 5.17. The number of rotatable bonds is 4. The van der Waals surface area contributed by atoms with Crippen LogP contribution in [0.15, 0.2) is 54.7 Å². The molecule has 0 aliphatic carbocycles. The topological polar surface area (TPSA) is 44.9 Å². The van der Waals surface area contributed by atoms with E-state index in [4.69, 9.17) is 0 Å². The van der Waals surface area contributed by atoms with E-state index in [1.54, 1.807) is 0 Å². The molecule has 106 valence electrons. The van der Waals surface area contributed by atoms with E-state index in [9.17, 15) is 4.79 Å². The van der Waals surface area contributed by atoms with Crippen molar-refractivity contribution in [2.24, 2.45) is 0 Å². The van der Waals surface area contributed by atoms with Crippen molar-refractivity contribution in [3.8, 4) is 0 Å². The fourth-order valence-corrected chi connectivity index (χ4v) is 2.42. The number of nitrogens with one attached hydrogen (secondary N) is 2. The summed E-state index contributed by atoms with van der Waals surface area (Å²) in [5.41, 5.74) is 4.18. The van der Waals surface area contributed by atoms with Gasteiger partial charge in [0.05, 0.1) is 6.42 Å². The molecular weight excluding hydrogens is 260 g/mol. The van der Waals surface area contributed by atoms with E-state index < -0.39 is 0 Å². The number of amides is 1. The minimum atomic E-state index is 0.00477. The van der Waals surface area contributed by atoms with Gasteiger partial charge in [0.15, 0.2) is 0 Å². The van der Waals surface area contributed by atoms with Crippen LogP contribution in [0.2, 0.25) is 0 Å². The lowest BCUT2D eigenvalue weighted by Crippen LogP contribution is -2.14. The maximum atomic E-state index is 12.1. The number of aromatic nitrogens is 1. The minimum absolute atomic E-state index is 0.00477. The van der Waals surface area contributed by atoms with Crippen molar-refractivity contribution in [3.63, 3.8) is 0 Å². The van der Waals surface area contributed by atoms with Gasteiger partial charge in [0.25, 0.3) is 0 Å². The maximum absolute atomic E-state index is 12.1. The molecule has 0 radical (unpaired) electrons. The average Bonchev–Trinajstić information content (AvgIpc) is 2.95. The summed E-state index contributed by atoms with van der Waals surface area (Å²) in [5.74, 6) is 0.00477. The fraction of sp³-hybridized carbons (Fsp3) is 0.167. The summed E-state index contributed by atoms with van der Waals surface area (Å²) in [5, 5.41) is 4.10. The number of anilines is 1. The summed E-state index contributed by atoms with van der Waals surface area (Å²) in [6.45, 7) is 2.12. The van der Waals surface area contributed by atoms with E-state index in [1.165, 1.54) is 5.56 Å². The number of benzene rings is 2. The minimum Gasteiger partial charge on any atom is -0.361 e. The highest BCUT2D eigenvalue weighted by Crippen LogP contribution is 2.15. The Hall–Kier alpha value is -2.55. The molecule has 2 N–H and O–H groups in total. The fourth-order valence-electron chi connectivity index (χ4n) is 2.42. The molecule has 0 aliphatic rings. The van der Waals surface area contributed by atoms with E-state index in [1.807, 2.05) is 54.7 Å². The van der Waals surface area contributed by atoms with E-state index >= 15 is 0 Å². The molecule has 1 aromatic heterocycles. The largest absolute Gasteiger partial charge is 0.361 e. The second kappa shape index (κ2) is 5.83. The van der Waals surface area contributed by atoms with Crippen molar-refractivity contribution in [3.05, 3.63) is 65.9 Å². The van der Waals surface area contributed by atoms with Gasteiger partial charge in [-0.3, -0.25) is 4.79 Å². The molecule has 21 heavy (non-hydrogen) atoms. The van der Waals surface area contributed by atoms with Gasteiger partial charge in [-0.15, -0.1) is 0 Å². The molecule has 3 nitrogen and oxygen atoms in total. The molecule has 1 amide bonds. The molecule has 0 aliphatic heterocycles. The lowest BCUT2D eigenvalue weighted by atomic mass is 10.1. The van der Waals surface area contributed by atoms with Crippen molar-refractivity contribution < 1.29 is 4.79 Å². The first-order valence-corrected chi connectivity index (χ1v) is 7.19. The van der Waals surface area contributed by atoms with Gasteiger partial charge in [-0.1, -0.05) is 31.2 Å². The monoisotopic (exact) mass is 278 g/mol. The van der Waals surface area contributed by atoms with Crippen molar-refractivity contribution in [1.82, 2.24) is 4.98 Å². The summed E-state index contributed by atoms with van der Waals surface area (Å²) < 4.78 is 0. The number of aromatic amines is 1. The third kappa shape index (κ3) is 3.14. The van der Waals surface area contributed by atoms with Gasteiger partial charge in [-0.2, -0.15) is 0 Å². The third-order valence-electron chi connectivity index (χ3n) is 3.63. The highest BCUT2D eigenvalue weighted by Gasteiger charge is 2.05. The third-order valence-corrected chi connectivity index (χ3v) is 3.63. The van der Waals surface area contributed by atoms with Crippen LogP contribution in [0.4, 0.5) is 5.69 Å². The summed E-state index contributed by atoms with van der Waals surface area (Å²) in [6, 6.07) is 16.1. The van der Waals surface area contributed by atoms with Gasteiger partial charge in [-0.05, 0) is 47.2 Å². The Balaban J connectivity index is 1.67. The molecule has 3 heteroatoms. The molecular formula is C18H18N2O. The number of hydrogen-bond acceptors (Lipinski definition) is 1. The highest BCUT2D eigenvalue weighted by molar-refractivity contribution is 5.93. The number of hydrogen-bond donors (Lipinski definition) is 2. The zero-order chi connectivity index (χ0) is 14.7. The first-order chi connectivity index (χ1) is 10.2. The van der Waals surface area contributed by atoms with E-state index in [0.717, 1.165) is 28.6 Å². The van der Waals surface area contributed by atoms with Crippen LogP contribution in [0.25, 0.3) is 10.9 Å². The number of H-pyrrole nitrogens is 1. The number of aryl methyl sites for hydroxylation is 1. The van der Waals surface area contributed by atoms with Crippen molar-refractivity contribution in [2.75, 3.05) is 5.32 Å². The standard InChI is InChI=1S/C18H18N2O/c1-2-13-4-7-16(8-5-13)20-18(21)12-14-3-6-15-9-10-19-17(15)11-14/h3-11,19H,2,12H2,1H3,(H,20,21). The Kier molecular flexibility index (Phi) is 3.73. The van der Waals surface area contributed by atoms with Crippen molar-refractivity contribution >= 4 is 22.5 Å². The van der Waals surface area contributed by atoms with Crippen LogP contribution in [-0.2, 0) is 17.6 Å². The number of carbonyl (C=O) groups is 1. The first-order valence-electron chi connectivity index (χ1n) is 7.19. The van der Waals surface area contributed by atoms with Crippen LogP contribution in [0, 0.1) is 0 Å². The van der Waals surface area contributed by atoms with E-state index in [2.05, 4.69) is 17.2 Å². The summed E-state index contributed by atoms with van der Waals surface area (Å²) in [7, 11) is 0. The molecule has 0 unspecified atom stereocenters. The molecule has 0 spiro atoms. The summed E-state index contributed by atoms with van der Waals surface area (Å²) >= 11 is 0. The normalized spacial score (nSPS) is 10.7. The molecule has 3 aromatic rings. The lowest BCUT2D eigenvalue weighted by molar-refractivity contribution is -0.115. The first kappa shape index (κ1) is 13.4. The van der Waals surface area contributed by atoms with Gasteiger partial charge < -0.3 is 10.3 Å². The quantitative estimate of drug-likeness (QED) is 0.746. The van der Waals surface area contributed by atoms with Crippen LogP contribution in [0.1, 0.15) is 18.1 Å². The molecule has 0 saturated heterocycles. The number of fused-ring (bicyclic) bond motifs is 1. The molecule has 3 rings (SSSR count). The van der Waals surface area contributed by atoms with Crippen LogP contribution in [-0.4, -0.2) is 10.9 Å². The Morgan fingerprint density at radius 1 is 1.05 bits per heavy atom. The second-order valence-electron chi connectivity index (χ2n) is 5.17. The Morgan fingerprint density at radius 2 is 1.81 bits per heavy atom. The van der Waals surface area contributed by atoms with Crippen LogP contribution in [0.5, 0.6) is 0 Å². The zero-order valence-corrected chi connectivity index (χ0v) is 12.0. The highest BCUT2D eigenvalue weighted by atomic mass is 16.1. The van der Waals surface area contributed by atoms with E-state index in [0.29, 0.717) is 6.42 Å². The molecule has 2 aromatic carbocycles. The maximum Gasteiger partial charge on any atom is 0.228 e. The van der Waals surface area contributed by atoms with Gasteiger partial charge in [0.1, 0.15) is 0 Å². The average molecular weight is 278 g/mol. The Labute approximate surface area is 124 Å². The smallest absolute Gasteiger partial charge is 0.228 e. The molecule has 0 saturated carbocycles. The SMILES string of the molecule is CCc1ccc(NC(=O)Cc2ccc3cc[nH]c3c2)cc1. The molecule has 0 bridgehead atoms. The number of carbonyl (C=O) groups excluding carboxylic acids is 1. The molecule has 0 atom stereocenters. The van der Waals surface area contributed by atoms with Gasteiger partial charge >= 0.3 is 0 Å².